The SMILES string of the molecule is COc1ccc(OC)c(CN2CCN(c3ccc(C(=O)c4ccccc4)cc3[N+](=O)[O-])CC2)c1. The Balaban J connectivity index is 1.48. The van der Waals surface area contributed by atoms with Crippen LogP contribution in [-0.2, 0) is 6.54 Å². The maximum atomic E-state index is 12.8. The van der Waals surface area contributed by atoms with Crippen molar-refractivity contribution < 1.29 is 19.2 Å². The Kier molecular flexibility index (Phi) is 7.08. The third-order valence-corrected chi connectivity index (χ3v) is 6.06. The molecule has 4 rings (SSSR count). The number of carbonyl (C=O) groups is 1. The van der Waals surface area contributed by atoms with Crippen LogP contribution in [0.4, 0.5) is 11.4 Å². The van der Waals surface area contributed by atoms with Crippen LogP contribution in [0.3, 0.4) is 0 Å². The molecule has 0 aromatic heterocycles. The molecule has 0 aliphatic carbocycles. The molecular weight excluding hydrogens is 434 g/mol. The van der Waals surface area contributed by atoms with Gasteiger partial charge in [-0.25, -0.2) is 0 Å². The lowest BCUT2D eigenvalue weighted by Crippen LogP contribution is -2.46. The van der Waals surface area contributed by atoms with Gasteiger partial charge in [-0.1, -0.05) is 30.3 Å². The molecule has 1 saturated heterocycles. The van der Waals surface area contributed by atoms with Gasteiger partial charge in [0.15, 0.2) is 5.78 Å². The van der Waals surface area contributed by atoms with Gasteiger partial charge >= 0.3 is 0 Å². The number of benzene rings is 3. The largest absolute Gasteiger partial charge is 0.497 e. The molecule has 3 aromatic rings. The van der Waals surface area contributed by atoms with E-state index >= 15 is 0 Å². The molecule has 0 amide bonds. The zero-order valence-corrected chi connectivity index (χ0v) is 19.3. The summed E-state index contributed by atoms with van der Waals surface area (Å²) in [6.45, 7) is 3.45. The van der Waals surface area contributed by atoms with E-state index in [1.807, 2.05) is 29.2 Å². The summed E-state index contributed by atoms with van der Waals surface area (Å²) in [6.07, 6.45) is 0. The second-order valence-electron chi connectivity index (χ2n) is 8.10. The number of nitro benzene ring substituents is 1. The minimum Gasteiger partial charge on any atom is -0.497 e. The molecule has 3 aromatic carbocycles. The van der Waals surface area contributed by atoms with Crippen molar-refractivity contribution >= 4 is 17.2 Å². The lowest BCUT2D eigenvalue weighted by Gasteiger charge is -2.36. The van der Waals surface area contributed by atoms with Crippen molar-refractivity contribution in [1.29, 1.82) is 0 Å². The molecular formula is C26H27N3O5. The highest BCUT2D eigenvalue weighted by molar-refractivity contribution is 6.09. The molecule has 1 aliphatic rings. The first-order chi connectivity index (χ1) is 16.5. The summed E-state index contributed by atoms with van der Waals surface area (Å²) in [5.74, 6) is 1.35. The fourth-order valence-electron chi connectivity index (χ4n) is 4.23. The quantitative estimate of drug-likeness (QED) is 0.283. The molecule has 0 saturated carbocycles. The van der Waals surface area contributed by atoms with Crippen LogP contribution in [0.25, 0.3) is 0 Å². The minimum absolute atomic E-state index is 0.0512. The van der Waals surface area contributed by atoms with Gasteiger partial charge in [0.1, 0.15) is 17.2 Å². The van der Waals surface area contributed by atoms with Crippen molar-refractivity contribution in [2.24, 2.45) is 0 Å². The molecule has 0 N–H and O–H groups in total. The summed E-state index contributed by atoms with van der Waals surface area (Å²) in [6, 6.07) is 19.3. The molecule has 0 radical (unpaired) electrons. The fraction of sp³-hybridized carbons (Fsp3) is 0.269. The first-order valence-electron chi connectivity index (χ1n) is 11.1. The van der Waals surface area contributed by atoms with Crippen molar-refractivity contribution in [2.45, 2.75) is 6.54 Å². The third kappa shape index (κ3) is 5.02. The van der Waals surface area contributed by atoms with Gasteiger partial charge in [-0.15, -0.1) is 0 Å². The van der Waals surface area contributed by atoms with Gasteiger partial charge < -0.3 is 14.4 Å². The van der Waals surface area contributed by atoms with E-state index in [0.29, 0.717) is 36.4 Å². The van der Waals surface area contributed by atoms with Crippen LogP contribution in [-0.4, -0.2) is 56.0 Å². The van der Waals surface area contributed by atoms with Crippen LogP contribution < -0.4 is 14.4 Å². The molecule has 0 bridgehead atoms. The summed E-state index contributed by atoms with van der Waals surface area (Å²) < 4.78 is 10.8. The molecule has 8 nitrogen and oxygen atoms in total. The Morgan fingerprint density at radius 1 is 0.912 bits per heavy atom. The number of anilines is 1. The first kappa shape index (κ1) is 23.3. The minimum atomic E-state index is -0.412. The molecule has 0 unspecified atom stereocenters. The van der Waals surface area contributed by atoms with Gasteiger partial charge in [0.25, 0.3) is 5.69 Å². The maximum absolute atomic E-state index is 12.8. The average Bonchev–Trinajstić information content (AvgIpc) is 2.88. The lowest BCUT2D eigenvalue weighted by molar-refractivity contribution is -0.384. The summed E-state index contributed by atoms with van der Waals surface area (Å²) in [5.41, 5.74) is 2.33. The average molecular weight is 462 g/mol. The Morgan fingerprint density at radius 3 is 2.29 bits per heavy atom. The number of nitro groups is 1. The Hall–Kier alpha value is -3.91. The summed E-state index contributed by atoms with van der Waals surface area (Å²) in [4.78, 5) is 28.5. The van der Waals surface area contributed by atoms with Crippen molar-refractivity contribution in [3.63, 3.8) is 0 Å². The number of methoxy groups -OCH3 is 2. The molecule has 34 heavy (non-hydrogen) atoms. The number of piperazine rings is 1. The van der Waals surface area contributed by atoms with E-state index in [9.17, 15) is 14.9 Å². The second kappa shape index (κ2) is 10.4. The van der Waals surface area contributed by atoms with Gasteiger partial charge in [0.2, 0.25) is 0 Å². The monoisotopic (exact) mass is 461 g/mol. The highest BCUT2D eigenvalue weighted by Gasteiger charge is 2.26. The van der Waals surface area contributed by atoms with Crippen LogP contribution in [0.15, 0.2) is 66.7 Å². The molecule has 1 heterocycles. The Morgan fingerprint density at radius 2 is 1.65 bits per heavy atom. The van der Waals surface area contributed by atoms with Gasteiger partial charge in [-0.2, -0.15) is 0 Å². The smallest absolute Gasteiger partial charge is 0.293 e. The van der Waals surface area contributed by atoms with E-state index in [4.69, 9.17) is 9.47 Å². The van der Waals surface area contributed by atoms with Gasteiger partial charge in [0, 0.05) is 55.5 Å². The number of rotatable bonds is 8. The molecule has 8 heteroatoms. The zero-order valence-electron chi connectivity index (χ0n) is 19.3. The van der Waals surface area contributed by atoms with Crippen LogP contribution >= 0.6 is 0 Å². The second-order valence-corrected chi connectivity index (χ2v) is 8.10. The normalized spacial score (nSPS) is 14.0. The number of ketones is 1. The van der Waals surface area contributed by atoms with E-state index in [1.54, 1.807) is 50.6 Å². The van der Waals surface area contributed by atoms with Crippen molar-refractivity contribution in [3.8, 4) is 11.5 Å². The maximum Gasteiger partial charge on any atom is 0.293 e. The first-order valence-corrected chi connectivity index (χ1v) is 11.1. The van der Waals surface area contributed by atoms with E-state index in [0.717, 1.165) is 30.2 Å². The third-order valence-electron chi connectivity index (χ3n) is 6.06. The lowest BCUT2D eigenvalue weighted by atomic mass is 10.0. The zero-order chi connectivity index (χ0) is 24.1. The highest BCUT2D eigenvalue weighted by atomic mass is 16.6. The van der Waals surface area contributed by atoms with E-state index < -0.39 is 4.92 Å². The van der Waals surface area contributed by atoms with Crippen LogP contribution in [0.2, 0.25) is 0 Å². The van der Waals surface area contributed by atoms with Gasteiger partial charge in [-0.05, 0) is 30.3 Å². The topological polar surface area (TPSA) is 85.2 Å². The molecule has 176 valence electrons. The summed E-state index contributed by atoms with van der Waals surface area (Å²) in [7, 11) is 3.28. The van der Waals surface area contributed by atoms with Gasteiger partial charge in [-0.3, -0.25) is 19.8 Å². The van der Waals surface area contributed by atoms with Crippen LogP contribution in [0.1, 0.15) is 21.5 Å². The highest BCUT2D eigenvalue weighted by Crippen LogP contribution is 2.32. The Bertz CT molecular complexity index is 1170. The van der Waals surface area contributed by atoms with E-state index in [-0.39, 0.29) is 11.5 Å². The summed E-state index contributed by atoms with van der Waals surface area (Å²) >= 11 is 0. The van der Waals surface area contributed by atoms with E-state index in [2.05, 4.69) is 4.90 Å². The predicted octanol–water partition coefficient (Wildman–Crippen LogP) is 4.17. The number of carbonyl (C=O) groups excluding carboxylic acids is 1. The van der Waals surface area contributed by atoms with Crippen LogP contribution in [0.5, 0.6) is 11.5 Å². The fourth-order valence-corrected chi connectivity index (χ4v) is 4.23. The summed E-state index contributed by atoms with van der Waals surface area (Å²) in [5, 5.41) is 11.8. The molecule has 1 fully saturated rings. The van der Waals surface area contributed by atoms with Crippen molar-refractivity contribution in [3.05, 3.63) is 93.5 Å². The van der Waals surface area contributed by atoms with Crippen molar-refractivity contribution in [2.75, 3.05) is 45.3 Å². The number of nitrogens with zero attached hydrogens (tertiary/aromatic N) is 3. The number of hydrogen-bond acceptors (Lipinski definition) is 7. The molecule has 0 spiro atoms. The molecule has 1 aliphatic heterocycles. The predicted molar refractivity (Wildman–Crippen MR) is 130 cm³/mol. The van der Waals surface area contributed by atoms with Gasteiger partial charge in [0.05, 0.1) is 19.1 Å². The Labute approximate surface area is 198 Å². The van der Waals surface area contributed by atoms with E-state index in [1.165, 1.54) is 6.07 Å². The molecule has 0 atom stereocenters. The number of ether oxygens (including phenoxy) is 2. The number of hydrogen-bond donors (Lipinski definition) is 0. The van der Waals surface area contributed by atoms with Crippen molar-refractivity contribution in [1.82, 2.24) is 4.90 Å². The standard InChI is InChI=1S/C26H27N3O5/c1-33-22-9-11-25(34-2)21(16-22)18-27-12-14-28(15-13-27)23-10-8-20(17-24(23)29(31)32)26(30)19-6-4-3-5-7-19/h3-11,16-17H,12-15,18H2,1-2H3. The van der Waals surface area contributed by atoms with Crippen LogP contribution in [0, 0.1) is 10.1 Å².